The summed E-state index contributed by atoms with van der Waals surface area (Å²) in [5, 5.41) is 8.81. The lowest BCUT2D eigenvalue weighted by Gasteiger charge is -2.09. The number of ether oxygens (including phenoxy) is 1. The van der Waals surface area contributed by atoms with Gasteiger partial charge in [-0.25, -0.2) is 0 Å². The number of aryl methyl sites for hydroxylation is 2. The average molecular weight is 282 g/mol. The molecule has 0 spiro atoms. The number of carbonyl (C=O) groups is 1. The van der Waals surface area contributed by atoms with Crippen molar-refractivity contribution in [3.8, 4) is 5.75 Å². The minimum absolute atomic E-state index is 0.0239. The summed E-state index contributed by atoms with van der Waals surface area (Å²) >= 11 is 0. The summed E-state index contributed by atoms with van der Waals surface area (Å²) < 4.78 is 5.78. The van der Waals surface area contributed by atoms with Crippen LogP contribution in [0.1, 0.15) is 28.7 Å². The van der Waals surface area contributed by atoms with Crippen LogP contribution in [0, 0.1) is 0 Å². The van der Waals surface area contributed by atoms with Crippen LogP contribution in [-0.4, -0.2) is 11.1 Å². The lowest BCUT2D eigenvalue weighted by molar-refractivity contribution is -0.136. The van der Waals surface area contributed by atoms with E-state index in [1.807, 2.05) is 12.1 Å². The van der Waals surface area contributed by atoms with Gasteiger partial charge >= 0.3 is 5.97 Å². The smallest absolute Gasteiger partial charge is 0.307 e. The number of hydrogen-bond donors (Lipinski definition) is 1. The van der Waals surface area contributed by atoms with E-state index in [-0.39, 0.29) is 6.42 Å². The molecule has 3 rings (SSSR count). The molecule has 1 aliphatic carbocycles. The summed E-state index contributed by atoms with van der Waals surface area (Å²) in [7, 11) is 0. The van der Waals surface area contributed by atoms with Gasteiger partial charge in [-0.15, -0.1) is 0 Å². The van der Waals surface area contributed by atoms with Crippen LogP contribution in [0.5, 0.6) is 5.75 Å². The fourth-order valence-electron chi connectivity index (χ4n) is 2.80. The van der Waals surface area contributed by atoms with Gasteiger partial charge in [0.1, 0.15) is 12.4 Å². The summed E-state index contributed by atoms with van der Waals surface area (Å²) in [6.07, 6.45) is 3.62. The Morgan fingerprint density at radius 3 is 2.76 bits per heavy atom. The maximum absolute atomic E-state index is 10.7. The van der Waals surface area contributed by atoms with Crippen molar-refractivity contribution in [3.05, 3.63) is 64.7 Å². The topological polar surface area (TPSA) is 46.5 Å². The molecule has 0 saturated heterocycles. The minimum Gasteiger partial charge on any atom is -0.489 e. The van der Waals surface area contributed by atoms with Crippen molar-refractivity contribution in [2.75, 3.05) is 0 Å². The summed E-state index contributed by atoms with van der Waals surface area (Å²) in [5.74, 6) is -0.111. The quantitative estimate of drug-likeness (QED) is 0.914. The molecule has 0 unspecified atom stereocenters. The van der Waals surface area contributed by atoms with Crippen LogP contribution in [0.2, 0.25) is 0 Å². The van der Waals surface area contributed by atoms with E-state index < -0.39 is 5.97 Å². The van der Waals surface area contributed by atoms with Crippen molar-refractivity contribution in [1.29, 1.82) is 0 Å². The third-order valence-electron chi connectivity index (χ3n) is 3.82. The zero-order chi connectivity index (χ0) is 14.7. The first-order valence-electron chi connectivity index (χ1n) is 7.25. The molecule has 0 radical (unpaired) electrons. The Morgan fingerprint density at radius 1 is 1.05 bits per heavy atom. The molecule has 3 nitrogen and oxygen atoms in total. The van der Waals surface area contributed by atoms with Crippen molar-refractivity contribution in [2.45, 2.75) is 32.3 Å². The molecule has 3 heteroatoms. The fourth-order valence-corrected chi connectivity index (χ4v) is 2.80. The Morgan fingerprint density at radius 2 is 1.90 bits per heavy atom. The number of aliphatic carboxylic acids is 1. The molecule has 0 amide bonds. The first-order valence-corrected chi connectivity index (χ1v) is 7.25. The van der Waals surface area contributed by atoms with E-state index in [0.717, 1.165) is 12.0 Å². The zero-order valence-electron chi connectivity index (χ0n) is 11.8. The molecule has 0 aromatic heterocycles. The molecule has 2 aromatic rings. The van der Waals surface area contributed by atoms with Crippen molar-refractivity contribution < 1.29 is 14.6 Å². The Bertz CT molecular complexity index is 661. The summed E-state index contributed by atoms with van der Waals surface area (Å²) in [6.45, 7) is 0.518. The predicted octanol–water partition coefficient (Wildman–Crippen LogP) is 3.38. The Labute approximate surface area is 124 Å². The SMILES string of the molecule is O=C(O)Cc1cccc(OCc2ccc3c(c2)CCC3)c1. The lowest BCUT2D eigenvalue weighted by atomic mass is 10.1. The zero-order valence-corrected chi connectivity index (χ0v) is 11.8. The van der Waals surface area contributed by atoms with Crippen molar-refractivity contribution >= 4 is 5.97 Å². The van der Waals surface area contributed by atoms with Gasteiger partial charge in [0.2, 0.25) is 0 Å². The summed E-state index contributed by atoms with van der Waals surface area (Å²) in [4.78, 5) is 10.7. The molecule has 0 fully saturated rings. The van der Waals surface area contributed by atoms with E-state index in [1.165, 1.54) is 29.5 Å². The number of carboxylic acids is 1. The van der Waals surface area contributed by atoms with Crippen LogP contribution in [0.25, 0.3) is 0 Å². The number of rotatable bonds is 5. The van der Waals surface area contributed by atoms with Crippen LogP contribution >= 0.6 is 0 Å². The van der Waals surface area contributed by atoms with Gasteiger partial charge in [0, 0.05) is 0 Å². The van der Waals surface area contributed by atoms with Crippen molar-refractivity contribution in [3.63, 3.8) is 0 Å². The van der Waals surface area contributed by atoms with Crippen LogP contribution in [-0.2, 0) is 30.7 Å². The molecule has 1 N–H and O–H groups in total. The van der Waals surface area contributed by atoms with E-state index in [4.69, 9.17) is 9.84 Å². The van der Waals surface area contributed by atoms with Gasteiger partial charge in [0.05, 0.1) is 6.42 Å². The first kappa shape index (κ1) is 13.7. The Balaban J connectivity index is 1.66. The standard InChI is InChI=1S/C18H18O3/c19-18(20)11-13-3-1-6-17(10-13)21-12-14-7-8-15-4-2-5-16(15)9-14/h1,3,6-10H,2,4-5,11-12H2,(H,19,20). The van der Waals surface area contributed by atoms with E-state index in [0.29, 0.717) is 12.4 Å². The highest BCUT2D eigenvalue weighted by Gasteiger charge is 2.11. The molecular weight excluding hydrogens is 264 g/mol. The largest absolute Gasteiger partial charge is 0.489 e. The van der Waals surface area contributed by atoms with E-state index >= 15 is 0 Å². The molecule has 1 aliphatic rings. The third-order valence-corrected chi connectivity index (χ3v) is 3.82. The molecule has 0 heterocycles. The summed E-state index contributed by atoms with van der Waals surface area (Å²) in [6, 6.07) is 13.8. The Hall–Kier alpha value is -2.29. The highest BCUT2D eigenvalue weighted by molar-refractivity contribution is 5.70. The van der Waals surface area contributed by atoms with Crippen LogP contribution in [0.15, 0.2) is 42.5 Å². The Kier molecular flexibility index (Phi) is 3.91. The van der Waals surface area contributed by atoms with Gasteiger partial charge in [0.15, 0.2) is 0 Å². The van der Waals surface area contributed by atoms with Gasteiger partial charge < -0.3 is 9.84 Å². The molecule has 0 atom stereocenters. The highest BCUT2D eigenvalue weighted by Crippen LogP contribution is 2.23. The van der Waals surface area contributed by atoms with Crippen LogP contribution in [0.3, 0.4) is 0 Å². The monoisotopic (exact) mass is 282 g/mol. The second kappa shape index (κ2) is 6.00. The van der Waals surface area contributed by atoms with Gasteiger partial charge in [-0.1, -0.05) is 30.3 Å². The van der Waals surface area contributed by atoms with E-state index in [9.17, 15) is 4.79 Å². The molecule has 0 aliphatic heterocycles. The first-order chi connectivity index (χ1) is 10.2. The maximum atomic E-state index is 10.7. The van der Waals surface area contributed by atoms with Crippen LogP contribution < -0.4 is 4.74 Å². The van der Waals surface area contributed by atoms with Crippen LogP contribution in [0.4, 0.5) is 0 Å². The maximum Gasteiger partial charge on any atom is 0.307 e. The average Bonchev–Trinajstić information content (AvgIpc) is 2.92. The van der Waals surface area contributed by atoms with Gasteiger partial charge in [0.25, 0.3) is 0 Å². The molecule has 0 bridgehead atoms. The second-order valence-electron chi connectivity index (χ2n) is 5.46. The number of fused-ring (bicyclic) bond motifs is 1. The van der Waals surface area contributed by atoms with E-state index in [2.05, 4.69) is 18.2 Å². The third kappa shape index (κ3) is 3.43. The second-order valence-corrected chi connectivity index (χ2v) is 5.46. The van der Waals surface area contributed by atoms with E-state index in [1.54, 1.807) is 12.1 Å². The number of carboxylic acid groups (broad SMARTS) is 1. The number of benzene rings is 2. The predicted molar refractivity (Wildman–Crippen MR) is 80.6 cm³/mol. The van der Waals surface area contributed by atoms with Crippen molar-refractivity contribution in [2.24, 2.45) is 0 Å². The molecular formula is C18H18O3. The minimum atomic E-state index is -0.828. The fraction of sp³-hybridized carbons (Fsp3) is 0.278. The molecule has 2 aromatic carbocycles. The van der Waals surface area contributed by atoms with Gasteiger partial charge in [-0.2, -0.15) is 0 Å². The molecule has 108 valence electrons. The normalized spacial score (nSPS) is 13.0. The van der Waals surface area contributed by atoms with Crippen molar-refractivity contribution in [1.82, 2.24) is 0 Å². The molecule has 0 saturated carbocycles. The molecule has 21 heavy (non-hydrogen) atoms. The summed E-state index contributed by atoms with van der Waals surface area (Å²) in [5.41, 5.74) is 4.83. The highest BCUT2D eigenvalue weighted by atomic mass is 16.5. The number of hydrogen-bond acceptors (Lipinski definition) is 2. The lowest BCUT2D eigenvalue weighted by Crippen LogP contribution is -2.01. The van der Waals surface area contributed by atoms with Gasteiger partial charge in [-0.3, -0.25) is 4.79 Å². The van der Waals surface area contributed by atoms with Gasteiger partial charge in [-0.05, 0) is 53.6 Å².